The molecule has 1 aliphatic heterocycles. The molecule has 0 bridgehead atoms. The zero-order chi connectivity index (χ0) is 25.6. The lowest BCUT2D eigenvalue weighted by molar-refractivity contribution is 0.0996. The first-order valence-electron chi connectivity index (χ1n) is 11.6. The van der Waals surface area contributed by atoms with E-state index >= 15 is 4.39 Å². The predicted octanol–water partition coefficient (Wildman–Crippen LogP) is 2.41. The Balaban J connectivity index is 1.42. The zero-order valence-electron chi connectivity index (χ0n) is 19.9. The van der Waals surface area contributed by atoms with Gasteiger partial charge in [-0.15, -0.1) is 0 Å². The monoisotopic (exact) mass is 491 g/mol. The molecule has 36 heavy (non-hydrogen) atoms. The van der Waals surface area contributed by atoms with Crippen LogP contribution in [0, 0.1) is 5.82 Å². The summed E-state index contributed by atoms with van der Waals surface area (Å²) in [5.74, 6) is -1.57. The second-order valence-electron chi connectivity index (χ2n) is 9.01. The van der Waals surface area contributed by atoms with Crippen LogP contribution in [0.1, 0.15) is 39.6 Å². The van der Waals surface area contributed by atoms with Crippen LogP contribution in [0.25, 0.3) is 10.9 Å². The van der Waals surface area contributed by atoms with Crippen molar-refractivity contribution in [3.05, 3.63) is 76.4 Å². The van der Waals surface area contributed by atoms with Crippen LogP contribution in [0.5, 0.6) is 0 Å². The first-order valence-corrected chi connectivity index (χ1v) is 11.6. The summed E-state index contributed by atoms with van der Waals surface area (Å²) in [6, 6.07) is 9.81. The average molecular weight is 492 g/mol. The Labute approximate surface area is 205 Å². The summed E-state index contributed by atoms with van der Waals surface area (Å²) in [5, 5.41) is 6.98. The molecule has 4 aromatic rings. The van der Waals surface area contributed by atoms with Crippen molar-refractivity contribution in [2.75, 3.05) is 23.3 Å². The van der Waals surface area contributed by atoms with E-state index in [1.165, 1.54) is 10.7 Å². The normalized spacial score (nSPS) is 14.4. The highest BCUT2D eigenvalue weighted by Crippen LogP contribution is 2.34. The topological polar surface area (TPSA) is 120 Å². The molecule has 3 heterocycles. The van der Waals surface area contributed by atoms with Gasteiger partial charge in [0.25, 0.3) is 5.91 Å². The van der Waals surface area contributed by atoms with Crippen molar-refractivity contribution in [3.63, 3.8) is 0 Å². The number of carbonyl (C=O) groups excluding carboxylic acids is 2. The van der Waals surface area contributed by atoms with E-state index in [1.807, 2.05) is 4.90 Å². The smallest absolute Gasteiger partial charge is 0.345 e. The molecule has 5 rings (SSSR count). The summed E-state index contributed by atoms with van der Waals surface area (Å²) in [7, 11) is 3.36. The van der Waals surface area contributed by atoms with Gasteiger partial charge in [-0.3, -0.25) is 14.2 Å². The Morgan fingerprint density at radius 3 is 2.56 bits per heavy atom. The molecule has 0 radical (unpaired) electrons. The van der Waals surface area contributed by atoms with Crippen LogP contribution in [-0.4, -0.2) is 43.8 Å². The molecule has 10 nitrogen and oxygen atoms in total. The Bertz CT molecular complexity index is 1540. The summed E-state index contributed by atoms with van der Waals surface area (Å²) in [5.41, 5.74) is 7.00. The van der Waals surface area contributed by atoms with Crippen molar-refractivity contribution in [1.29, 1.82) is 0 Å². The van der Waals surface area contributed by atoms with Gasteiger partial charge in [0.1, 0.15) is 6.33 Å². The number of nitrogens with zero attached hydrogens (tertiary/aromatic N) is 5. The fraction of sp³-hybridized carbons (Fsp3) is 0.280. The molecule has 1 saturated heterocycles. The molecule has 1 aliphatic rings. The number of aromatic nitrogens is 4. The molecule has 0 spiro atoms. The van der Waals surface area contributed by atoms with Gasteiger partial charge < -0.3 is 20.5 Å². The van der Waals surface area contributed by atoms with E-state index in [2.05, 4.69) is 10.4 Å². The molecule has 2 aromatic heterocycles. The maximum Gasteiger partial charge on any atom is 0.345 e. The molecule has 11 heteroatoms. The molecular weight excluding hydrogens is 465 g/mol. The first-order chi connectivity index (χ1) is 17.2. The minimum Gasteiger partial charge on any atom is -0.369 e. The van der Waals surface area contributed by atoms with Crippen molar-refractivity contribution >= 4 is 34.1 Å². The van der Waals surface area contributed by atoms with Gasteiger partial charge in [0.15, 0.2) is 5.82 Å². The van der Waals surface area contributed by atoms with Gasteiger partial charge in [0.05, 0.1) is 22.2 Å². The number of nitrogens with one attached hydrogen (secondary N) is 1. The molecule has 186 valence electrons. The number of carbonyl (C=O) groups is 2. The SMILES string of the molecule is Cn1ncn(C2CCN(c3ccc4c(c(C(=O)Nc5cccc(C(N)=O)c5)cn4C)c3F)CC2)c1=O. The molecule has 0 atom stereocenters. The first kappa shape index (κ1) is 23.3. The van der Waals surface area contributed by atoms with E-state index in [4.69, 9.17) is 5.73 Å². The third-order valence-corrected chi connectivity index (χ3v) is 6.77. The summed E-state index contributed by atoms with van der Waals surface area (Å²) in [6.45, 7) is 1.12. The van der Waals surface area contributed by atoms with Gasteiger partial charge in [0.2, 0.25) is 5.91 Å². The number of nitrogens with two attached hydrogens (primary N) is 1. The van der Waals surface area contributed by atoms with Crippen molar-refractivity contribution < 1.29 is 14.0 Å². The summed E-state index contributed by atoms with van der Waals surface area (Å²) in [6.07, 6.45) is 4.47. The van der Waals surface area contributed by atoms with E-state index in [0.29, 0.717) is 42.8 Å². The second-order valence-corrected chi connectivity index (χ2v) is 9.01. The standard InChI is InChI=1S/C25H26FN7O3/c1-30-13-18(24(35)29-16-5-3-4-15(12-16)23(27)34)21-19(30)6-7-20(22(21)26)32-10-8-17(9-11-32)33-14-28-31(2)25(33)36/h3-7,12-14,17H,8-11H2,1-2H3,(H2,27,34)(H,29,35). The molecular formula is C25H26FN7O3. The lowest BCUT2D eigenvalue weighted by Gasteiger charge is -2.34. The lowest BCUT2D eigenvalue weighted by atomic mass is 10.0. The quantitative estimate of drug-likeness (QED) is 0.444. The number of piperidine rings is 1. The number of anilines is 2. The third-order valence-electron chi connectivity index (χ3n) is 6.77. The van der Waals surface area contributed by atoms with E-state index in [9.17, 15) is 14.4 Å². The number of primary amides is 1. The molecule has 0 unspecified atom stereocenters. The predicted molar refractivity (Wildman–Crippen MR) is 134 cm³/mol. The second kappa shape index (κ2) is 8.99. The van der Waals surface area contributed by atoms with E-state index in [0.717, 1.165) is 0 Å². The zero-order valence-corrected chi connectivity index (χ0v) is 19.9. The van der Waals surface area contributed by atoms with E-state index in [-0.39, 0.29) is 28.2 Å². The van der Waals surface area contributed by atoms with Crippen molar-refractivity contribution in [2.24, 2.45) is 19.8 Å². The number of rotatable bonds is 5. The highest BCUT2D eigenvalue weighted by molar-refractivity contribution is 6.14. The van der Waals surface area contributed by atoms with Crippen LogP contribution < -0.4 is 21.6 Å². The fourth-order valence-electron chi connectivity index (χ4n) is 4.83. The largest absolute Gasteiger partial charge is 0.369 e. The van der Waals surface area contributed by atoms with Gasteiger partial charge in [0, 0.05) is 50.7 Å². The molecule has 1 fully saturated rings. The van der Waals surface area contributed by atoms with E-state index in [1.54, 1.807) is 66.1 Å². The molecule has 0 saturated carbocycles. The summed E-state index contributed by atoms with van der Waals surface area (Å²) < 4.78 is 20.6. The van der Waals surface area contributed by atoms with Crippen LogP contribution >= 0.6 is 0 Å². The highest BCUT2D eigenvalue weighted by Gasteiger charge is 2.27. The number of fused-ring (bicyclic) bond motifs is 1. The highest BCUT2D eigenvalue weighted by atomic mass is 19.1. The van der Waals surface area contributed by atoms with Crippen LogP contribution in [0.4, 0.5) is 15.8 Å². The van der Waals surface area contributed by atoms with Crippen molar-refractivity contribution in [3.8, 4) is 0 Å². The van der Waals surface area contributed by atoms with Crippen LogP contribution in [-0.2, 0) is 14.1 Å². The van der Waals surface area contributed by atoms with Crippen LogP contribution in [0.2, 0.25) is 0 Å². The Morgan fingerprint density at radius 1 is 1.14 bits per heavy atom. The van der Waals surface area contributed by atoms with Gasteiger partial charge >= 0.3 is 5.69 Å². The van der Waals surface area contributed by atoms with Gasteiger partial charge in [-0.1, -0.05) is 6.07 Å². The van der Waals surface area contributed by atoms with Crippen LogP contribution in [0.3, 0.4) is 0 Å². The molecule has 0 aliphatic carbocycles. The maximum atomic E-state index is 15.9. The maximum absolute atomic E-state index is 15.9. The summed E-state index contributed by atoms with van der Waals surface area (Å²) in [4.78, 5) is 38.8. The van der Waals surface area contributed by atoms with Gasteiger partial charge in [-0.05, 0) is 43.2 Å². The minimum absolute atomic E-state index is 0.00322. The summed E-state index contributed by atoms with van der Waals surface area (Å²) >= 11 is 0. The van der Waals surface area contributed by atoms with Crippen LogP contribution in [0.15, 0.2) is 53.7 Å². The van der Waals surface area contributed by atoms with Crippen molar-refractivity contribution in [1.82, 2.24) is 18.9 Å². The average Bonchev–Trinajstić information content (AvgIpc) is 3.39. The number of amides is 2. The van der Waals surface area contributed by atoms with Crippen molar-refractivity contribution in [2.45, 2.75) is 18.9 Å². The third kappa shape index (κ3) is 4.02. The number of hydrogen-bond acceptors (Lipinski definition) is 5. The fourth-order valence-corrected chi connectivity index (χ4v) is 4.83. The number of halogens is 1. The minimum atomic E-state index is -0.607. The Kier molecular flexibility index (Phi) is 5.83. The Hall–Kier alpha value is -4.41. The Morgan fingerprint density at radius 2 is 1.89 bits per heavy atom. The molecule has 3 N–H and O–H groups in total. The lowest BCUT2D eigenvalue weighted by Crippen LogP contribution is -2.38. The molecule has 2 amide bonds. The molecule has 2 aromatic carbocycles. The number of aryl methyl sites for hydroxylation is 2. The number of benzene rings is 2. The van der Waals surface area contributed by atoms with Gasteiger partial charge in [-0.2, -0.15) is 5.10 Å². The van der Waals surface area contributed by atoms with Gasteiger partial charge in [-0.25, -0.2) is 13.9 Å². The number of hydrogen-bond donors (Lipinski definition) is 2. The van der Waals surface area contributed by atoms with E-state index < -0.39 is 17.6 Å².